The van der Waals surface area contributed by atoms with Gasteiger partial charge in [0.1, 0.15) is 11.5 Å². The van der Waals surface area contributed by atoms with Crippen molar-refractivity contribution in [3.8, 4) is 22.6 Å². The molecule has 0 N–H and O–H groups in total. The summed E-state index contributed by atoms with van der Waals surface area (Å²) in [7, 11) is -3.66. The molecule has 3 heterocycles. The number of aromatic nitrogens is 4. The van der Waals surface area contributed by atoms with E-state index in [1.54, 1.807) is 0 Å². The van der Waals surface area contributed by atoms with Gasteiger partial charge in [0, 0.05) is 24.2 Å². The van der Waals surface area contributed by atoms with Gasteiger partial charge in [-0.05, 0) is 42.5 Å². The van der Waals surface area contributed by atoms with Crippen LogP contribution in [0.2, 0.25) is 0 Å². The normalized spacial score (nSPS) is 12.4. The van der Waals surface area contributed by atoms with E-state index in [1.165, 1.54) is 42.6 Å². The molecule has 11 heteroatoms. The highest BCUT2D eigenvalue weighted by atomic mass is 32.2. The Morgan fingerprint density at radius 1 is 1.00 bits per heavy atom. The number of fused-ring (bicyclic) bond motifs is 1. The number of hydrogen-bond acceptors (Lipinski definition) is 5. The Hall–Kier alpha value is -3.34. The van der Waals surface area contributed by atoms with E-state index in [2.05, 4.69) is 15.1 Å². The molecule has 154 valence electrons. The van der Waals surface area contributed by atoms with Gasteiger partial charge in [0.2, 0.25) is 0 Å². The standard InChI is InChI=1S/C19H12F4N4O2S/c1-30(28,29)15-8-9-24-18(25-15)16-14-7-4-12(19(21,22)23)10-27(14)26-17(16)11-2-5-13(20)6-3-11/h2-10H,1H3. The Morgan fingerprint density at radius 2 is 1.70 bits per heavy atom. The summed E-state index contributed by atoms with van der Waals surface area (Å²) in [4.78, 5) is 8.16. The third kappa shape index (κ3) is 3.63. The van der Waals surface area contributed by atoms with Gasteiger partial charge in [-0.15, -0.1) is 0 Å². The second-order valence-corrected chi connectivity index (χ2v) is 8.43. The minimum absolute atomic E-state index is 0.0352. The van der Waals surface area contributed by atoms with Crippen molar-refractivity contribution in [1.82, 2.24) is 19.6 Å². The first-order valence-corrected chi connectivity index (χ1v) is 10.3. The average Bonchev–Trinajstić information content (AvgIpc) is 3.06. The Balaban J connectivity index is 2.03. The van der Waals surface area contributed by atoms with Crippen LogP contribution in [-0.4, -0.2) is 34.3 Å². The molecule has 0 amide bonds. The van der Waals surface area contributed by atoms with Gasteiger partial charge >= 0.3 is 6.18 Å². The summed E-state index contributed by atoms with van der Waals surface area (Å²) in [5, 5.41) is 3.97. The van der Waals surface area contributed by atoms with Crippen molar-refractivity contribution in [1.29, 1.82) is 0 Å². The first-order valence-electron chi connectivity index (χ1n) is 8.43. The lowest BCUT2D eigenvalue weighted by Gasteiger charge is -2.07. The van der Waals surface area contributed by atoms with E-state index in [9.17, 15) is 26.0 Å². The number of halogens is 4. The van der Waals surface area contributed by atoms with Gasteiger partial charge in [0.25, 0.3) is 0 Å². The maximum Gasteiger partial charge on any atom is 0.417 e. The molecule has 0 saturated heterocycles. The quantitative estimate of drug-likeness (QED) is 0.358. The lowest BCUT2D eigenvalue weighted by atomic mass is 10.1. The summed E-state index contributed by atoms with van der Waals surface area (Å²) in [5.41, 5.74) is 0.117. The number of nitrogens with zero attached hydrogens (tertiary/aromatic N) is 4. The third-order valence-corrected chi connectivity index (χ3v) is 5.30. The molecule has 0 unspecified atom stereocenters. The summed E-state index contributed by atoms with van der Waals surface area (Å²) in [5.74, 6) is -0.536. The molecule has 0 fully saturated rings. The van der Waals surface area contributed by atoms with Crippen molar-refractivity contribution in [2.45, 2.75) is 11.2 Å². The zero-order valence-corrected chi connectivity index (χ0v) is 16.0. The highest BCUT2D eigenvalue weighted by molar-refractivity contribution is 7.90. The first kappa shape index (κ1) is 20.0. The Kier molecular flexibility index (Phi) is 4.57. The van der Waals surface area contributed by atoms with Crippen molar-refractivity contribution in [2.24, 2.45) is 0 Å². The molecular formula is C19H12F4N4O2S. The Morgan fingerprint density at radius 3 is 2.33 bits per heavy atom. The first-order chi connectivity index (χ1) is 14.0. The highest BCUT2D eigenvalue weighted by Crippen LogP contribution is 2.36. The SMILES string of the molecule is CS(=O)(=O)c1ccnc(-c2c(-c3ccc(F)cc3)nn3cc(C(F)(F)F)ccc23)n1. The van der Waals surface area contributed by atoms with E-state index in [1.807, 2.05) is 0 Å². The van der Waals surface area contributed by atoms with E-state index < -0.39 is 27.4 Å². The molecule has 0 saturated carbocycles. The maximum absolute atomic E-state index is 13.4. The Labute approximate surface area is 167 Å². The lowest BCUT2D eigenvalue weighted by Crippen LogP contribution is -2.06. The second kappa shape index (κ2) is 6.87. The highest BCUT2D eigenvalue weighted by Gasteiger charge is 2.32. The monoisotopic (exact) mass is 436 g/mol. The van der Waals surface area contributed by atoms with Crippen LogP contribution in [-0.2, 0) is 16.0 Å². The van der Waals surface area contributed by atoms with Crippen LogP contribution in [0.4, 0.5) is 17.6 Å². The van der Waals surface area contributed by atoms with Crippen molar-refractivity contribution >= 4 is 15.4 Å². The minimum Gasteiger partial charge on any atom is -0.239 e. The molecule has 0 spiro atoms. The third-order valence-electron chi connectivity index (χ3n) is 4.31. The topological polar surface area (TPSA) is 77.2 Å². The molecular weight excluding hydrogens is 424 g/mol. The summed E-state index contributed by atoms with van der Waals surface area (Å²) < 4.78 is 77.5. The van der Waals surface area contributed by atoms with Crippen molar-refractivity contribution < 1.29 is 26.0 Å². The van der Waals surface area contributed by atoms with Crippen LogP contribution in [0, 0.1) is 5.82 Å². The predicted octanol–water partition coefficient (Wildman–Crippen LogP) is 4.02. The molecule has 4 aromatic rings. The van der Waals surface area contributed by atoms with Gasteiger partial charge in [-0.2, -0.15) is 18.3 Å². The molecule has 3 aromatic heterocycles. The smallest absolute Gasteiger partial charge is 0.239 e. The van der Waals surface area contributed by atoms with Gasteiger partial charge in [-0.3, -0.25) is 0 Å². The van der Waals surface area contributed by atoms with E-state index in [0.29, 0.717) is 5.56 Å². The molecule has 0 aliphatic heterocycles. The molecule has 1 aromatic carbocycles. The number of benzene rings is 1. The number of hydrogen-bond donors (Lipinski definition) is 0. The van der Waals surface area contributed by atoms with Gasteiger partial charge in [0.05, 0.1) is 16.6 Å². The van der Waals surface area contributed by atoms with E-state index in [-0.39, 0.29) is 27.6 Å². The van der Waals surface area contributed by atoms with Crippen LogP contribution >= 0.6 is 0 Å². The van der Waals surface area contributed by atoms with Crippen LogP contribution in [0.1, 0.15) is 5.56 Å². The van der Waals surface area contributed by atoms with Crippen LogP contribution in [0.25, 0.3) is 28.2 Å². The molecule has 0 radical (unpaired) electrons. The molecule has 4 rings (SSSR count). The van der Waals surface area contributed by atoms with Crippen molar-refractivity contribution in [3.63, 3.8) is 0 Å². The molecule has 0 atom stereocenters. The fraction of sp³-hybridized carbons (Fsp3) is 0.105. The number of pyridine rings is 1. The van der Waals surface area contributed by atoms with Gasteiger partial charge in [-0.1, -0.05) is 0 Å². The largest absolute Gasteiger partial charge is 0.417 e. The second-order valence-electron chi connectivity index (χ2n) is 6.47. The Bertz CT molecular complexity index is 1360. The zero-order valence-electron chi connectivity index (χ0n) is 15.2. The fourth-order valence-corrected chi connectivity index (χ4v) is 3.48. The van der Waals surface area contributed by atoms with Crippen LogP contribution in [0.3, 0.4) is 0 Å². The minimum atomic E-state index is -4.58. The van der Waals surface area contributed by atoms with Crippen molar-refractivity contribution in [2.75, 3.05) is 6.26 Å². The van der Waals surface area contributed by atoms with Gasteiger partial charge < -0.3 is 0 Å². The van der Waals surface area contributed by atoms with E-state index in [0.717, 1.165) is 23.0 Å². The summed E-state index contributed by atoms with van der Waals surface area (Å²) in [6.07, 6.45) is -1.55. The van der Waals surface area contributed by atoms with Crippen LogP contribution in [0.15, 0.2) is 59.9 Å². The average molecular weight is 436 g/mol. The van der Waals surface area contributed by atoms with Crippen LogP contribution < -0.4 is 0 Å². The van der Waals surface area contributed by atoms with E-state index >= 15 is 0 Å². The predicted molar refractivity (Wildman–Crippen MR) is 99.7 cm³/mol. The molecule has 0 aliphatic carbocycles. The maximum atomic E-state index is 13.4. The fourth-order valence-electron chi connectivity index (χ4n) is 2.92. The molecule has 30 heavy (non-hydrogen) atoms. The van der Waals surface area contributed by atoms with Crippen LogP contribution in [0.5, 0.6) is 0 Å². The number of rotatable bonds is 3. The number of sulfone groups is 1. The van der Waals surface area contributed by atoms with Gasteiger partial charge in [-0.25, -0.2) is 27.3 Å². The lowest BCUT2D eigenvalue weighted by molar-refractivity contribution is -0.137. The van der Waals surface area contributed by atoms with E-state index in [4.69, 9.17) is 0 Å². The zero-order chi connectivity index (χ0) is 21.7. The molecule has 0 aliphatic rings. The summed E-state index contributed by atoms with van der Waals surface area (Å²) >= 11 is 0. The van der Waals surface area contributed by atoms with Crippen molar-refractivity contribution in [3.05, 3.63) is 66.2 Å². The number of alkyl halides is 3. The van der Waals surface area contributed by atoms with Gasteiger partial charge in [0.15, 0.2) is 20.7 Å². The molecule has 0 bridgehead atoms. The summed E-state index contributed by atoms with van der Waals surface area (Å²) in [6, 6.07) is 8.47. The summed E-state index contributed by atoms with van der Waals surface area (Å²) in [6.45, 7) is 0. The molecule has 6 nitrogen and oxygen atoms in total.